The van der Waals surface area contributed by atoms with Crippen LogP contribution in [-0.4, -0.2) is 5.21 Å². The van der Waals surface area contributed by atoms with Crippen molar-refractivity contribution in [2.75, 3.05) is 5.48 Å². The van der Waals surface area contributed by atoms with Crippen LogP contribution in [-0.2, 0) is 0 Å². The van der Waals surface area contributed by atoms with Crippen molar-refractivity contribution < 1.29 is 9.60 Å². The van der Waals surface area contributed by atoms with Crippen molar-refractivity contribution in [1.29, 1.82) is 0 Å². The van der Waals surface area contributed by atoms with Crippen LogP contribution in [0.2, 0.25) is 0 Å². The summed E-state index contributed by atoms with van der Waals surface area (Å²) in [7, 11) is 0. The molecule has 0 heterocycles. The first-order valence-electron chi connectivity index (χ1n) is 3.81. The van der Waals surface area contributed by atoms with Crippen molar-refractivity contribution in [1.82, 2.24) is 0 Å². The summed E-state index contributed by atoms with van der Waals surface area (Å²) < 4.78 is 14.0. The van der Waals surface area contributed by atoms with Gasteiger partial charge in [-0.15, -0.1) is 0 Å². The standard InChI is InChI=1S/C9H8BrClFNO/c1-2-6(11)9-7(12)3-5(10)4-8(9)13-14/h2-4,13-14H,1H3/b6-2+. The van der Waals surface area contributed by atoms with Gasteiger partial charge in [-0.2, -0.15) is 0 Å². The molecular formula is C9H8BrClFNO. The van der Waals surface area contributed by atoms with E-state index in [9.17, 15) is 4.39 Å². The molecule has 0 saturated heterocycles. The van der Waals surface area contributed by atoms with Crippen LogP contribution in [0.3, 0.4) is 0 Å². The van der Waals surface area contributed by atoms with Gasteiger partial charge in [-0.3, -0.25) is 10.7 Å². The largest absolute Gasteiger partial charge is 0.291 e. The van der Waals surface area contributed by atoms with Crippen molar-refractivity contribution in [3.05, 3.63) is 34.1 Å². The van der Waals surface area contributed by atoms with E-state index in [2.05, 4.69) is 15.9 Å². The minimum atomic E-state index is -0.501. The van der Waals surface area contributed by atoms with Crippen LogP contribution in [0.5, 0.6) is 0 Å². The number of rotatable bonds is 2. The highest BCUT2D eigenvalue weighted by Crippen LogP contribution is 2.32. The lowest BCUT2D eigenvalue weighted by Gasteiger charge is -2.08. The maximum atomic E-state index is 13.4. The van der Waals surface area contributed by atoms with Crippen molar-refractivity contribution in [3.63, 3.8) is 0 Å². The predicted molar refractivity (Wildman–Crippen MR) is 59.0 cm³/mol. The molecular weight excluding hydrogens is 272 g/mol. The number of nitrogens with one attached hydrogen (secondary N) is 1. The molecule has 0 fully saturated rings. The first-order chi connectivity index (χ1) is 6.60. The van der Waals surface area contributed by atoms with Gasteiger partial charge >= 0.3 is 0 Å². The molecule has 0 radical (unpaired) electrons. The molecule has 1 aromatic carbocycles. The number of halogens is 3. The maximum absolute atomic E-state index is 13.4. The third-order valence-electron chi connectivity index (χ3n) is 1.67. The van der Waals surface area contributed by atoms with E-state index < -0.39 is 5.82 Å². The smallest absolute Gasteiger partial charge is 0.135 e. The Balaban J connectivity index is 3.40. The second kappa shape index (κ2) is 4.77. The second-order valence-electron chi connectivity index (χ2n) is 2.56. The van der Waals surface area contributed by atoms with Crippen molar-refractivity contribution >= 4 is 38.3 Å². The van der Waals surface area contributed by atoms with Crippen molar-refractivity contribution in [2.45, 2.75) is 6.92 Å². The van der Waals surface area contributed by atoms with Crippen LogP contribution in [0.4, 0.5) is 10.1 Å². The Morgan fingerprint density at radius 2 is 2.29 bits per heavy atom. The van der Waals surface area contributed by atoms with Gasteiger partial charge in [-0.05, 0) is 19.1 Å². The van der Waals surface area contributed by atoms with Gasteiger partial charge in [0.2, 0.25) is 0 Å². The molecule has 0 amide bonds. The predicted octanol–water partition coefficient (Wildman–Crippen LogP) is 3.99. The zero-order chi connectivity index (χ0) is 10.7. The van der Waals surface area contributed by atoms with E-state index in [4.69, 9.17) is 16.8 Å². The summed E-state index contributed by atoms with van der Waals surface area (Å²) >= 11 is 8.89. The van der Waals surface area contributed by atoms with E-state index in [1.807, 2.05) is 5.48 Å². The Morgan fingerprint density at radius 1 is 1.64 bits per heavy atom. The van der Waals surface area contributed by atoms with Gasteiger partial charge in [0, 0.05) is 9.51 Å². The van der Waals surface area contributed by atoms with E-state index in [0.29, 0.717) is 4.47 Å². The highest BCUT2D eigenvalue weighted by molar-refractivity contribution is 9.10. The lowest BCUT2D eigenvalue weighted by Crippen LogP contribution is -1.97. The Labute approximate surface area is 94.5 Å². The molecule has 0 aliphatic carbocycles. The van der Waals surface area contributed by atoms with E-state index in [1.165, 1.54) is 12.1 Å². The Morgan fingerprint density at radius 3 is 2.79 bits per heavy atom. The molecule has 2 N–H and O–H groups in total. The molecule has 0 saturated carbocycles. The fourth-order valence-corrected chi connectivity index (χ4v) is 1.67. The van der Waals surface area contributed by atoms with E-state index in [0.717, 1.165) is 0 Å². The van der Waals surface area contributed by atoms with Gasteiger partial charge in [0.15, 0.2) is 0 Å². The summed E-state index contributed by atoms with van der Waals surface area (Å²) in [6.45, 7) is 1.69. The third-order valence-corrected chi connectivity index (χ3v) is 2.53. The van der Waals surface area contributed by atoms with Gasteiger partial charge < -0.3 is 0 Å². The molecule has 1 aromatic rings. The molecule has 2 nitrogen and oxygen atoms in total. The first kappa shape index (κ1) is 11.5. The zero-order valence-electron chi connectivity index (χ0n) is 7.31. The summed E-state index contributed by atoms with van der Waals surface area (Å²) in [5, 5.41) is 9.03. The third kappa shape index (κ3) is 2.26. The monoisotopic (exact) mass is 279 g/mol. The number of hydrogen-bond donors (Lipinski definition) is 2. The van der Waals surface area contributed by atoms with Crippen LogP contribution in [0, 0.1) is 5.82 Å². The summed E-state index contributed by atoms with van der Waals surface area (Å²) in [5.74, 6) is -0.501. The lowest BCUT2D eigenvalue weighted by atomic mass is 10.1. The average molecular weight is 281 g/mol. The Kier molecular flexibility index (Phi) is 3.92. The molecule has 5 heteroatoms. The lowest BCUT2D eigenvalue weighted by molar-refractivity contribution is 0.388. The molecule has 1 rings (SSSR count). The van der Waals surface area contributed by atoms with Crippen molar-refractivity contribution in [2.24, 2.45) is 0 Å². The SMILES string of the molecule is C/C=C(/Cl)c1c(F)cc(Br)cc1NO. The van der Waals surface area contributed by atoms with Gasteiger partial charge in [-0.25, -0.2) is 4.39 Å². The molecule has 0 unspecified atom stereocenters. The number of allylic oxidation sites excluding steroid dienone is 1. The summed E-state index contributed by atoms with van der Waals surface area (Å²) in [6.07, 6.45) is 1.55. The molecule has 0 aliphatic heterocycles. The highest BCUT2D eigenvalue weighted by Gasteiger charge is 2.12. The van der Waals surface area contributed by atoms with Crippen molar-refractivity contribution in [3.8, 4) is 0 Å². The second-order valence-corrected chi connectivity index (χ2v) is 3.88. The summed E-state index contributed by atoms with van der Waals surface area (Å²) in [4.78, 5) is 0. The summed E-state index contributed by atoms with van der Waals surface area (Å²) in [5.41, 5.74) is 2.27. The van der Waals surface area contributed by atoms with Gasteiger partial charge in [0.1, 0.15) is 5.82 Å². The average Bonchev–Trinajstić information content (AvgIpc) is 2.15. The number of hydrogen-bond acceptors (Lipinski definition) is 2. The van der Waals surface area contributed by atoms with Gasteiger partial charge in [-0.1, -0.05) is 33.6 Å². The van der Waals surface area contributed by atoms with E-state index in [-0.39, 0.29) is 16.3 Å². The molecule has 0 aromatic heterocycles. The van der Waals surface area contributed by atoms with Crippen LogP contribution in [0.25, 0.3) is 5.03 Å². The molecule has 0 spiro atoms. The molecule has 14 heavy (non-hydrogen) atoms. The fraction of sp³-hybridized carbons (Fsp3) is 0.111. The number of anilines is 1. The van der Waals surface area contributed by atoms with Crippen LogP contribution in [0.15, 0.2) is 22.7 Å². The number of benzene rings is 1. The molecule has 0 atom stereocenters. The minimum absolute atomic E-state index is 0.153. The minimum Gasteiger partial charge on any atom is -0.291 e. The Bertz CT molecular complexity index is 381. The molecule has 0 bridgehead atoms. The Hall–Kier alpha value is -0.580. The highest BCUT2D eigenvalue weighted by atomic mass is 79.9. The zero-order valence-corrected chi connectivity index (χ0v) is 9.66. The van der Waals surface area contributed by atoms with E-state index in [1.54, 1.807) is 13.0 Å². The van der Waals surface area contributed by atoms with Crippen LogP contribution in [0.1, 0.15) is 12.5 Å². The molecule has 0 aliphatic rings. The maximum Gasteiger partial charge on any atom is 0.135 e. The quantitative estimate of drug-likeness (QED) is 0.803. The van der Waals surface area contributed by atoms with E-state index >= 15 is 0 Å². The van der Waals surface area contributed by atoms with Crippen LogP contribution >= 0.6 is 27.5 Å². The van der Waals surface area contributed by atoms with Gasteiger partial charge in [0.25, 0.3) is 0 Å². The fourth-order valence-electron chi connectivity index (χ4n) is 1.05. The van der Waals surface area contributed by atoms with Gasteiger partial charge in [0.05, 0.1) is 11.3 Å². The normalized spacial score (nSPS) is 11.6. The summed E-state index contributed by atoms with van der Waals surface area (Å²) in [6, 6.07) is 2.81. The molecule has 76 valence electrons. The topological polar surface area (TPSA) is 32.3 Å². The van der Waals surface area contributed by atoms with Crippen LogP contribution < -0.4 is 5.48 Å². The first-order valence-corrected chi connectivity index (χ1v) is 4.98.